The summed E-state index contributed by atoms with van der Waals surface area (Å²) in [5.74, 6) is -1.92. The minimum absolute atomic E-state index is 0.0253. The van der Waals surface area contributed by atoms with Gasteiger partial charge in [-0.05, 0) is 41.5 Å². The Hall–Kier alpha value is -3.52. The van der Waals surface area contributed by atoms with Crippen molar-refractivity contribution in [3.05, 3.63) is 65.7 Å². The van der Waals surface area contributed by atoms with Gasteiger partial charge >= 0.3 is 0 Å². The Morgan fingerprint density at radius 2 is 1.53 bits per heavy atom. The van der Waals surface area contributed by atoms with E-state index in [1.165, 1.54) is 12.1 Å². The average molecular weight is 496 g/mol. The Labute approximate surface area is 212 Å². The molecule has 8 nitrogen and oxygen atoms in total. The highest BCUT2D eigenvalue weighted by atomic mass is 16.3. The minimum atomic E-state index is -1.04. The molecule has 0 saturated heterocycles. The monoisotopic (exact) mass is 495 g/mol. The van der Waals surface area contributed by atoms with Crippen molar-refractivity contribution in [2.75, 3.05) is 0 Å². The lowest BCUT2D eigenvalue weighted by atomic mass is 9.97. The van der Waals surface area contributed by atoms with Crippen molar-refractivity contribution in [3.63, 3.8) is 0 Å². The fraction of sp³-hybridized carbons (Fsp3) is 0.429. The molecule has 2 rings (SSSR count). The summed E-state index contributed by atoms with van der Waals surface area (Å²) in [6.45, 7) is 7.23. The fourth-order valence-electron chi connectivity index (χ4n) is 3.88. The lowest BCUT2D eigenvalue weighted by Crippen LogP contribution is -2.59. The Balaban J connectivity index is 2.27. The third-order valence-electron chi connectivity index (χ3n) is 5.82. The van der Waals surface area contributed by atoms with Crippen molar-refractivity contribution in [2.24, 2.45) is 17.6 Å². The van der Waals surface area contributed by atoms with Gasteiger partial charge in [-0.15, -0.1) is 0 Å². The summed E-state index contributed by atoms with van der Waals surface area (Å²) in [6, 6.07) is 12.5. The molecule has 8 heteroatoms. The maximum Gasteiger partial charge on any atom is 0.252 e. The molecular weight excluding hydrogens is 458 g/mol. The van der Waals surface area contributed by atoms with E-state index in [2.05, 4.69) is 5.32 Å². The van der Waals surface area contributed by atoms with Crippen LogP contribution < -0.4 is 11.1 Å². The lowest BCUT2D eigenvalue weighted by molar-refractivity contribution is -0.153. The number of nitrogens with one attached hydrogen (secondary N) is 1. The largest absolute Gasteiger partial charge is 0.508 e. The number of hydrogen-bond donors (Lipinski definition) is 3. The second-order valence-corrected chi connectivity index (χ2v) is 9.80. The molecule has 2 aromatic rings. The molecule has 36 heavy (non-hydrogen) atoms. The number of carbonyl (C=O) groups is 4. The smallest absolute Gasteiger partial charge is 0.252 e. The molecule has 0 unspecified atom stereocenters. The number of hydrogen-bond acceptors (Lipinski definition) is 6. The minimum Gasteiger partial charge on any atom is -0.508 e. The predicted octanol–water partition coefficient (Wildman–Crippen LogP) is 2.61. The zero-order chi connectivity index (χ0) is 26.8. The van der Waals surface area contributed by atoms with E-state index in [0.29, 0.717) is 6.29 Å². The zero-order valence-electron chi connectivity index (χ0n) is 21.4. The summed E-state index contributed by atoms with van der Waals surface area (Å²) in [6.07, 6.45) is 1.08. The summed E-state index contributed by atoms with van der Waals surface area (Å²) < 4.78 is 0. The van der Waals surface area contributed by atoms with Crippen molar-refractivity contribution >= 4 is 24.0 Å². The first-order valence-corrected chi connectivity index (χ1v) is 12.2. The third kappa shape index (κ3) is 8.30. The molecule has 0 aliphatic rings. The van der Waals surface area contributed by atoms with Crippen LogP contribution in [0.5, 0.6) is 5.75 Å². The molecule has 0 heterocycles. The van der Waals surface area contributed by atoms with Crippen molar-refractivity contribution in [2.45, 2.75) is 65.1 Å². The van der Waals surface area contributed by atoms with Gasteiger partial charge < -0.3 is 21.0 Å². The highest BCUT2D eigenvalue weighted by Crippen LogP contribution is 2.17. The standard InChI is InChI=1S/C28H37N3O5/c1-18(2)14-25(34)31(22(17-32)15-20-8-6-5-7-9-20)28(36)26(19(3)4)30-27(35)24(29)16-21-10-12-23(33)13-11-21/h5-13,17-19,22,24,26,33H,14-16,29H2,1-4H3,(H,30,35)/t22-,24-,26-/m0/s1. The van der Waals surface area contributed by atoms with E-state index in [1.54, 1.807) is 26.0 Å². The number of aromatic hydroxyl groups is 1. The maximum absolute atomic E-state index is 13.7. The summed E-state index contributed by atoms with van der Waals surface area (Å²) in [5.41, 5.74) is 7.66. The number of aldehydes is 1. The van der Waals surface area contributed by atoms with Gasteiger partial charge in [-0.1, -0.05) is 70.2 Å². The first kappa shape index (κ1) is 28.7. The number of phenols is 1. The fourth-order valence-corrected chi connectivity index (χ4v) is 3.88. The number of rotatable bonds is 12. The van der Waals surface area contributed by atoms with Gasteiger partial charge in [0.2, 0.25) is 11.8 Å². The second kappa shape index (κ2) is 13.5. The van der Waals surface area contributed by atoms with Gasteiger partial charge in [0.1, 0.15) is 18.1 Å². The molecule has 0 bridgehead atoms. The van der Waals surface area contributed by atoms with Crippen molar-refractivity contribution in [1.82, 2.24) is 10.2 Å². The molecule has 4 N–H and O–H groups in total. The summed E-state index contributed by atoms with van der Waals surface area (Å²) in [7, 11) is 0. The van der Waals surface area contributed by atoms with Crippen LogP contribution in [0.4, 0.5) is 0 Å². The number of amides is 3. The highest BCUT2D eigenvalue weighted by molar-refractivity contribution is 6.02. The van der Waals surface area contributed by atoms with Crippen LogP contribution in [-0.2, 0) is 32.0 Å². The summed E-state index contributed by atoms with van der Waals surface area (Å²) >= 11 is 0. The van der Waals surface area contributed by atoms with Crippen molar-refractivity contribution < 1.29 is 24.3 Å². The molecule has 0 spiro atoms. The van der Waals surface area contributed by atoms with Gasteiger partial charge in [0.15, 0.2) is 0 Å². The van der Waals surface area contributed by atoms with E-state index >= 15 is 0 Å². The van der Waals surface area contributed by atoms with Crippen molar-refractivity contribution in [3.8, 4) is 5.75 Å². The number of carbonyl (C=O) groups excluding carboxylic acids is 4. The van der Waals surface area contributed by atoms with E-state index in [1.807, 2.05) is 44.2 Å². The third-order valence-corrected chi connectivity index (χ3v) is 5.82. The molecule has 194 valence electrons. The number of phenolic OH excluding ortho intramolecular Hbond substituents is 1. The van der Waals surface area contributed by atoms with Crippen LogP contribution in [0.15, 0.2) is 54.6 Å². The van der Waals surface area contributed by atoms with Gasteiger partial charge in [0.05, 0.1) is 12.1 Å². The van der Waals surface area contributed by atoms with Gasteiger partial charge in [0, 0.05) is 12.8 Å². The molecule has 0 saturated carbocycles. The van der Waals surface area contributed by atoms with Crippen LogP contribution in [0, 0.1) is 11.8 Å². The molecule has 2 aromatic carbocycles. The zero-order valence-corrected chi connectivity index (χ0v) is 21.4. The van der Waals surface area contributed by atoms with Crippen LogP contribution in [0.25, 0.3) is 0 Å². The van der Waals surface area contributed by atoms with Crippen LogP contribution in [0.2, 0.25) is 0 Å². The molecular formula is C28H37N3O5. The van der Waals surface area contributed by atoms with E-state index in [0.717, 1.165) is 16.0 Å². The predicted molar refractivity (Wildman–Crippen MR) is 138 cm³/mol. The molecule has 3 amide bonds. The summed E-state index contributed by atoms with van der Waals surface area (Å²) in [4.78, 5) is 53.0. The molecule has 0 radical (unpaired) electrons. The Bertz CT molecular complexity index is 1020. The maximum atomic E-state index is 13.7. The number of nitrogens with zero attached hydrogens (tertiary/aromatic N) is 1. The number of nitrogens with two attached hydrogens (primary N) is 1. The number of imide groups is 1. The summed E-state index contributed by atoms with van der Waals surface area (Å²) in [5, 5.41) is 12.2. The molecule has 0 aliphatic heterocycles. The van der Waals surface area contributed by atoms with Gasteiger partial charge in [-0.25, -0.2) is 0 Å². The molecule has 0 fully saturated rings. The molecule has 0 aromatic heterocycles. The van der Waals surface area contributed by atoms with E-state index in [4.69, 9.17) is 5.73 Å². The molecule has 0 aliphatic carbocycles. The highest BCUT2D eigenvalue weighted by Gasteiger charge is 2.37. The van der Waals surface area contributed by atoms with Gasteiger partial charge in [-0.2, -0.15) is 0 Å². The van der Waals surface area contributed by atoms with Gasteiger partial charge in [-0.3, -0.25) is 19.3 Å². The van der Waals surface area contributed by atoms with Crippen LogP contribution in [0.1, 0.15) is 45.2 Å². The quantitative estimate of drug-likeness (QED) is 0.388. The van der Waals surface area contributed by atoms with Crippen LogP contribution in [-0.4, -0.2) is 52.1 Å². The Kier molecular flexibility index (Phi) is 10.8. The first-order valence-electron chi connectivity index (χ1n) is 12.2. The lowest BCUT2D eigenvalue weighted by Gasteiger charge is -2.33. The second-order valence-electron chi connectivity index (χ2n) is 9.80. The van der Waals surface area contributed by atoms with Crippen LogP contribution >= 0.6 is 0 Å². The first-order chi connectivity index (χ1) is 17.0. The Morgan fingerprint density at radius 1 is 0.944 bits per heavy atom. The van der Waals surface area contributed by atoms with E-state index < -0.39 is 35.8 Å². The Morgan fingerprint density at radius 3 is 2.06 bits per heavy atom. The molecule has 3 atom stereocenters. The normalized spacial score (nSPS) is 13.6. The topological polar surface area (TPSA) is 130 Å². The van der Waals surface area contributed by atoms with Crippen molar-refractivity contribution in [1.29, 1.82) is 0 Å². The SMILES string of the molecule is CC(C)CC(=O)N(C(=O)[C@@H](NC(=O)[C@@H](N)Cc1ccc(O)cc1)C(C)C)[C@H](C=O)Cc1ccccc1. The van der Waals surface area contributed by atoms with Crippen LogP contribution in [0.3, 0.4) is 0 Å². The van der Waals surface area contributed by atoms with E-state index in [-0.39, 0.29) is 36.8 Å². The number of benzene rings is 2. The average Bonchev–Trinajstić information content (AvgIpc) is 2.83. The van der Waals surface area contributed by atoms with Gasteiger partial charge in [0.25, 0.3) is 5.91 Å². The van der Waals surface area contributed by atoms with E-state index in [9.17, 15) is 24.3 Å².